The second-order valence-electron chi connectivity index (χ2n) is 8.07. The Morgan fingerprint density at radius 3 is 2.70 bits per heavy atom. The van der Waals surface area contributed by atoms with Gasteiger partial charge in [0.2, 0.25) is 0 Å². The molecule has 2 aliphatic rings. The first-order chi connectivity index (χ1) is 16.4. The molecule has 33 heavy (non-hydrogen) atoms. The summed E-state index contributed by atoms with van der Waals surface area (Å²) >= 11 is 0. The average Bonchev–Trinajstić information content (AvgIpc) is 3.20. The third-order valence-electron chi connectivity index (χ3n) is 6.20. The van der Waals surface area contributed by atoms with Crippen LogP contribution < -0.4 is 0 Å². The second kappa shape index (κ2) is 6.94. The number of aromatic nitrogens is 6. The molecule has 0 fully saturated rings. The number of allylic oxidation sites excluding steroid dienone is 5. The van der Waals surface area contributed by atoms with Gasteiger partial charge in [-0.15, -0.1) is 0 Å². The van der Waals surface area contributed by atoms with Gasteiger partial charge < -0.3 is 0 Å². The maximum Gasteiger partial charge on any atom is 0.199 e. The molecule has 4 aromatic heterocycles. The van der Waals surface area contributed by atoms with Gasteiger partial charge in [-0.3, -0.25) is 4.57 Å². The van der Waals surface area contributed by atoms with E-state index < -0.39 is 0 Å². The molecule has 0 saturated heterocycles. The molecule has 2 aliphatic carbocycles. The van der Waals surface area contributed by atoms with Crippen LogP contribution >= 0.6 is 0 Å². The van der Waals surface area contributed by atoms with E-state index >= 15 is 0 Å². The molecule has 0 amide bonds. The number of benzene rings is 1. The van der Waals surface area contributed by atoms with E-state index in [9.17, 15) is 0 Å². The van der Waals surface area contributed by atoms with E-state index in [0.29, 0.717) is 34.4 Å². The Morgan fingerprint density at radius 2 is 1.82 bits per heavy atom. The van der Waals surface area contributed by atoms with E-state index in [2.05, 4.69) is 86.3 Å². The fraction of sp³-hybridized carbons (Fsp3) is 0.0741. The number of hydrogen-bond acceptors (Lipinski definition) is 5. The van der Waals surface area contributed by atoms with Gasteiger partial charge in [0.05, 0.1) is 5.52 Å². The van der Waals surface area contributed by atoms with Gasteiger partial charge in [-0.25, -0.2) is 24.9 Å². The molecule has 1 unspecified atom stereocenters. The zero-order valence-corrected chi connectivity index (χ0v) is 17.5. The highest BCUT2D eigenvalue weighted by molar-refractivity contribution is 5.95. The van der Waals surface area contributed by atoms with Crippen LogP contribution in [-0.2, 0) is 6.42 Å². The van der Waals surface area contributed by atoms with Gasteiger partial charge in [-0.05, 0) is 30.2 Å². The molecule has 6 heteroatoms. The number of rotatable bonds is 2. The highest BCUT2D eigenvalue weighted by atomic mass is 15.1. The number of para-hydroxylation sites is 1. The van der Waals surface area contributed by atoms with Crippen molar-refractivity contribution in [1.29, 1.82) is 0 Å². The molecule has 0 saturated carbocycles. The van der Waals surface area contributed by atoms with Gasteiger partial charge in [-0.1, -0.05) is 48.6 Å². The lowest BCUT2D eigenvalue weighted by molar-refractivity contribution is 0.723. The Morgan fingerprint density at radius 1 is 0.939 bits per heavy atom. The van der Waals surface area contributed by atoms with Crippen molar-refractivity contribution in [2.45, 2.75) is 6.42 Å². The van der Waals surface area contributed by atoms with Crippen LogP contribution in [0.4, 0.5) is 0 Å². The van der Waals surface area contributed by atoms with Crippen LogP contribution in [0.3, 0.4) is 0 Å². The highest BCUT2D eigenvalue weighted by Crippen LogP contribution is 2.40. The van der Waals surface area contributed by atoms with Gasteiger partial charge >= 0.3 is 0 Å². The van der Waals surface area contributed by atoms with E-state index in [4.69, 9.17) is 9.97 Å². The van der Waals surface area contributed by atoms with Crippen molar-refractivity contribution in [1.82, 2.24) is 29.5 Å². The summed E-state index contributed by atoms with van der Waals surface area (Å²) in [4.78, 5) is 23.1. The number of nitrogens with zero attached hydrogens (tertiary/aromatic N) is 6. The Kier molecular flexibility index (Phi) is 3.78. The molecular weight excluding hydrogens is 408 g/mol. The number of hydrogen-bond donors (Lipinski definition) is 0. The predicted octanol–water partition coefficient (Wildman–Crippen LogP) is 4.71. The van der Waals surface area contributed by atoms with Crippen LogP contribution in [0.1, 0.15) is 11.3 Å². The lowest BCUT2D eigenvalue weighted by Crippen LogP contribution is -2.15. The van der Waals surface area contributed by atoms with E-state index in [1.165, 1.54) is 22.2 Å². The monoisotopic (exact) mass is 424 g/mol. The third-order valence-corrected chi connectivity index (χ3v) is 6.20. The zero-order chi connectivity index (χ0) is 21.8. The first-order valence-electron chi connectivity index (χ1n) is 10.8. The lowest BCUT2D eigenvalue weighted by Gasteiger charge is -2.24. The van der Waals surface area contributed by atoms with Crippen LogP contribution in [0.15, 0.2) is 78.8 Å². The highest BCUT2D eigenvalue weighted by Gasteiger charge is 2.28. The van der Waals surface area contributed by atoms with Crippen LogP contribution in [0.25, 0.3) is 45.5 Å². The molecule has 7 rings (SSSR count). The minimum Gasteiger partial charge on any atom is -0.296 e. The van der Waals surface area contributed by atoms with E-state index in [1.54, 1.807) is 24.7 Å². The molecule has 1 atom stereocenters. The summed E-state index contributed by atoms with van der Waals surface area (Å²) in [5.41, 5.74) is 6.98. The minimum atomic E-state index is 0.331. The largest absolute Gasteiger partial charge is 0.296 e. The summed E-state index contributed by atoms with van der Waals surface area (Å²) in [5.74, 6) is 1.01. The molecular formula is C27H16N6. The molecule has 5 aromatic rings. The molecule has 0 aliphatic heterocycles. The summed E-state index contributed by atoms with van der Waals surface area (Å²) in [6, 6.07) is 16.2. The summed E-state index contributed by atoms with van der Waals surface area (Å²) in [7, 11) is 0. The molecule has 6 nitrogen and oxygen atoms in total. The van der Waals surface area contributed by atoms with Gasteiger partial charge in [-0.2, -0.15) is 0 Å². The van der Waals surface area contributed by atoms with Crippen molar-refractivity contribution in [2.75, 3.05) is 0 Å². The molecule has 0 radical (unpaired) electrons. The first kappa shape index (κ1) is 18.0. The van der Waals surface area contributed by atoms with Gasteiger partial charge in [0.1, 0.15) is 11.4 Å². The van der Waals surface area contributed by atoms with Crippen molar-refractivity contribution in [3.05, 3.63) is 102 Å². The maximum atomic E-state index is 4.96. The first-order valence-corrected chi connectivity index (χ1v) is 10.8. The summed E-state index contributed by atoms with van der Waals surface area (Å²) in [6.07, 6.45) is 16.8. The van der Waals surface area contributed by atoms with Gasteiger partial charge in [0.15, 0.2) is 17.1 Å². The quantitative estimate of drug-likeness (QED) is 0.411. The van der Waals surface area contributed by atoms with Gasteiger partial charge in [0, 0.05) is 47.2 Å². The molecule has 0 N–H and O–H groups in total. The molecule has 0 spiro atoms. The van der Waals surface area contributed by atoms with Crippen LogP contribution in [0.5, 0.6) is 0 Å². The van der Waals surface area contributed by atoms with E-state index in [1.807, 2.05) is 0 Å². The lowest BCUT2D eigenvalue weighted by atomic mass is 9.83. The molecule has 0 bridgehead atoms. The SMILES string of the molecule is c1ccnc(-c2nc3nccnc3nc2-n2c3c(c4ccccc42)C=C2C=CC=CC2C3)c#1. The number of fused-ring (bicyclic) bond motifs is 5. The van der Waals surface area contributed by atoms with Crippen LogP contribution in [-0.4, -0.2) is 29.5 Å². The summed E-state index contributed by atoms with van der Waals surface area (Å²) in [6.45, 7) is 0. The standard InChI is InChI=1S/C27H16N6/c1-2-8-18-16-23-20(15-17(18)7-1)19-9-3-4-11-22(19)33(23)27-24(21-10-5-6-12-28-21)31-25-26(32-27)30-14-13-29-25/h1-4,6-9,11-15,18H,16H2. The van der Waals surface area contributed by atoms with E-state index in [-0.39, 0.29) is 0 Å². The third kappa shape index (κ3) is 2.73. The smallest absolute Gasteiger partial charge is 0.199 e. The molecule has 4 heterocycles. The van der Waals surface area contributed by atoms with Crippen molar-refractivity contribution in [3.8, 4) is 17.2 Å². The normalized spacial score (nSPS) is 16.4. The summed E-state index contributed by atoms with van der Waals surface area (Å²) < 4.78 is 2.21. The predicted molar refractivity (Wildman–Crippen MR) is 126 cm³/mol. The van der Waals surface area contributed by atoms with Crippen LogP contribution in [0, 0.1) is 18.1 Å². The topological polar surface area (TPSA) is 69.4 Å². The van der Waals surface area contributed by atoms with E-state index in [0.717, 1.165) is 11.9 Å². The fourth-order valence-corrected chi connectivity index (χ4v) is 4.75. The van der Waals surface area contributed by atoms with Crippen molar-refractivity contribution >= 4 is 28.3 Å². The summed E-state index contributed by atoms with van der Waals surface area (Å²) in [5, 5.41) is 1.19. The Balaban J connectivity index is 1.59. The Hall–Kier alpha value is -4.63. The Labute approximate surface area is 189 Å². The van der Waals surface area contributed by atoms with Crippen molar-refractivity contribution in [3.63, 3.8) is 0 Å². The van der Waals surface area contributed by atoms with Gasteiger partial charge in [0.25, 0.3) is 0 Å². The molecule has 1 aromatic carbocycles. The fourth-order valence-electron chi connectivity index (χ4n) is 4.75. The zero-order valence-electron chi connectivity index (χ0n) is 17.5. The van der Waals surface area contributed by atoms with Crippen molar-refractivity contribution < 1.29 is 0 Å². The second-order valence-corrected chi connectivity index (χ2v) is 8.07. The average molecular weight is 424 g/mol. The van der Waals surface area contributed by atoms with Crippen molar-refractivity contribution in [2.24, 2.45) is 5.92 Å². The van der Waals surface area contributed by atoms with Crippen LogP contribution in [0.2, 0.25) is 0 Å². The minimum absolute atomic E-state index is 0.331. The Bertz CT molecular complexity index is 1640. The molecule has 154 valence electrons. The maximum absolute atomic E-state index is 4.96.